The van der Waals surface area contributed by atoms with Crippen LogP contribution in [-0.2, 0) is 0 Å². The van der Waals surface area contributed by atoms with E-state index in [1.54, 1.807) is 0 Å². The van der Waals surface area contributed by atoms with Crippen LogP contribution in [0.2, 0.25) is 0 Å². The quantitative estimate of drug-likeness (QED) is 0.776. The predicted molar refractivity (Wildman–Crippen MR) is 73.1 cm³/mol. The molecule has 0 radical (unpaired) electrons. The smallest absolute Gasteiger partial charge is 0.0837 e. The van der Waals surface area contributed by atoms with Crippen LogP contribution in [0.4, 0.5) is 0 Å². The fourth-order valence-corrected chi connectivity index (χ4v) is 1.87. The number of rotatable bonds is 7. The Morgan fingerprint density at radius 1 is 1.33 bits per heavy atom. The molecule has 1 atom stereocenters. The molecule has 1 rings (SSSR count). The first-order valence-corrected chi connectivity index (χ1v) is 6.35. The topological polar surface area (TPSA) is 56.0 Å². The highest BCUT2D eigenvalue weighted by Crippen LogP contribution is 2.19. The fourth-order valence-electron chi connectivity index (χ4n) is 1.87. The molecule has 1 aromatic carbocycles. The molecule has 0 heterocycles. The molecule has 0 aliphatic rings. The minimum atomic E-state index is -0.115. The molecular formula is C15H22N2O. The van der Waals surface area contributed by atoms with E-state index in [2.05, 4.69) is 25.2 Å². The van der Waals surface area contributed by atoms with Crippen LogP contribution in [0, 0.1) is 16.7 Å². The van der Waals surface area contributed by atoms with Crippen molar-refractivity contribution in [2.24, 2.45) is 5.41 Å². The maximum absolute atomic E-state index is 9.18. The first kappa shape index (κ1) is 14.7. The van der Waals surface area contributed by atoms with Crippen LogP contribution >= 0.6 is 0 Å². The van der Waals surface area contributed by atoms with Crippen molar-refractivity contribution in [3.05, 3.63) is 35.9 Å². The molecule has 3 nitrogen and oxygen atoms in total. The van der Waals surface area contributed by atoms with Gasteiger partial charge in [-0.2, -0.15) is 5.26 Å². The van der Waals surface area contributed by atoms with Crippen LogP contribution in [-0.4, -0.2) is 24.8 Å². The first-order valence-electron chi connectivity index (χ1n) is 6.35. The maximum atomic E-state index is 9.18. The number of aliphatic hydroxyl groups is 1. The lowest BCUT2D eigenvalue weighted by molar-refractivity contribution is 0.207. The summed E-state index contributed by atoms with van der Waals surface area (Å²) >= 11 is 0. The van der Waals surface area contributed by atoms with Gasteiger partial charge in [-0.1, -0.05) is 44.2 Å². The number of benzene rings is 1. The summed E-state index contributed by atoms with van der Waals surface area (Å²) in [5.74, 6) is -0.115. The van der Waals surface area contributed by atoms with E-state index in [0.29, 0.717) is 6.54 Å². The lowest BCUT2D eigenvalue weighted by Crippen LogP contribution is -2.32. The minimum Gasteiger partial charge on any atom is -0.396 e. The molecule has 0 saturated heterocycles. The third-order valence-corrected chi connectivity index (χ3v) is 3.10. The zero-order valence-corrected chi connectivity index (χ0v) is 11.2. The Hall–Kier alpha value is -1.37. The lowest BCUT2D eigenvalue weighted by atomic mass is 9.89. The Morgan fingerprint density at radius 2 is 2.00 bits per heavy atom. The summed E-state index contributed by atoms with van der Waals surface area (Å²) in [6.07, 6.45) is 0.766. The number of nitriles is 1. The van der Waals surface area contributed by atoms with Crippen molar-refractivity contribution >= 4 is 0 Å². The van der Waals surface area contributed by atoms with Gasteiger partial charge >= 0.3 is 0 Å². The Morgan fingerprint density at radius 3 is 2.56 bits per heavy atom. The van der Waals surface area contributed by atoms with E-state index < -0.39 is 0 Å². The molecule has 3 heteroatoms. The second-order valence-electron chi connectivity index (χ2n) is 5.36. The van der Waals surface area contributed by atoms with Crippen molar-refractivity contribution in [2.75, 3.05) is 19.7 Å². The Labute approximate surface area is 109 Å². The van der Waals surface area contributed by atoms with Crippen LogP contribution in [0.3, 0.4) is 0 Å². The Kier molecular flexibility index (Phi) is 5.84. The van der Waals surface area contributed by atoms with Gasteiger partial charge in [0.1, 0.15) is 0 Å². The molecule has 0 spiro atoms. The van der Waals surface area contributed by atoms with Gasteiger partial charge in [0.15, 0.2) is 0 Å². The summed E-state index contributed by atoms with van der Waals surface area (Å²) in [5, 5.41) is 21.5. The largest absolute Gasteiger partial charge is 0.396 e. The fraction of sp³-hybridized carbons (Fsp3) is 0.533. The van der Waals surface area contributed by atoms with Gasteiger partial charge in [0.25, 0.3) is 0 Å². The Balaban J connectivity index is 2.45. The second kappa shape index (κ2) is 7.15. The summed E-state index contributed by atoms with van der Waals surface area (Å²) < 4.78 is 0. The van der Waals surface area contributed by atoms with Gasteiger partial charge in [-0.15, -0.1) is 0 Å². The molecule has 0 fully saturated rings. The van der Waals surface area contributed by atoms with Crippen LogP contribution in [0.25, 0.3) is 0 Å². The number of hydrogen-bond donors (Lipinski definition) is 2. The molecule has 0 aliphatic carbocycles. The van der Waals surface area contributed by atoms with Crippen LogP contribution in [0.1, 0.15) is 31.7 Å². The van der Waals surface area contributed by atoms with E-state index in [9.17, 15) is 5.26 Å². The summed E-state index contributed by atoms with van der Waals surface area (Å²) in [6.45, 7) is 5.88. The van der Waals surface area contributed by atoms with E-state index in [0.717, 1.165) is 18.5 Å². The van der Waals surface area contributed by atoms with E-state index in [4.69, 9.17) is 5.11 Å². The van der Waals surface area contributed by atoms with E-state index in [1.165, 1.54) is 0 Å². The van der Waals surface area contributed by atoms with Gasteiger partial charge < -0.3 is 10.4 Å². The van der Waals surface area contributed by atoms with Crippen LogP contribution in [0.15, 0.2) is 30.3 Å². The third kappa shape index (κ3) is 4.87. The number of nitrogens with one attached hydrogen (secondary N) is 1. The van der Waals surface area contributed by atoms with Gasteiger partial charge in [-0.25, -0.2) is 0 Å². The van der Waals surface area contributed by atoms with Crippen molar-refractivity contribution in [1.82, 2.24) is 5.32 Å². The third-order valence-electron chi connectivity index (χ3n) is 3.10. The van der Waals surface area contributed by atoms with Gasteiger partial charge in [0.05, 0.1) is 12.0 Å². The summed E-state index contributed by atoms with van der Waals surface area (Å²) in [4.78, 5) is 0. The highest BCUT2D eigenvalue weighted by atomic mass is 16.3. The second-order valence-corrected chi connectivity index (χ2v) is 5.36. The van der Waals surface area contributed by atoms with Gasteiger partial charge in [0.2, 0.25) is 0 Å². The molecule has 0 saturated carbocycles. The van der Waals surface area contributed by atoms with E-state index >= 15 is 0 Å². The predicted octanol–water partition coefficient (Wildman–Crippen LogP) is 2.29. The summed E-state index contributed by atoms with van der Waals surface area (Å²) in [5.41, 5.74) is 1.11. The molecule has 0 amide bonds. The van der Waals surface area contributed by atoms with Gasteiger partial charge in [-0.3, -0.25) is 0 Å². The zero-order valence-electron chi connectivity index (χ0n) is 11.2. The molecule has 1 unspecified atom stereocenters. The average Bonchev–Trinajstić information content (AvgIpc) is 2.35. The molecular weight excluding hydrogens is 224 g/mol. The van der Waals surface area contributed by atoms with E-state index in [1.807, 2.05) is 30.3 Å². The first-order chi connectivity index (χ1) is 8.59. The highest BCUT2D eigenvalue weighted by Gasteiger charge is 2.17. The highest BCUT2D eigenvalue weighted by molar-refractivity contribution is 5.24. The SMILES string of the molecule is CC(C)(CCO)CNCC(C#N)c1ccccc1. The average molecular weight is 246 g/mol. The molecule has 18 heavy (non-hydrogen) atoms. The standard InChI is InChI=1S/C15H22N2O/c1-15(2,8-9-18)12-17-11-14(10-16)13-6-4-3-5-7-13/h3-7,14,17-18H,8-9,11-12H2,1-2H3. The monoisotopic (exact) mass is 246 g/mol. The minimum absolute atomic E-state index is 0.0610. The zero-order chi connectivity index (χ0) is 13.4. The number of aliphatic hydroxyl groups excluding tert-OH is 1. The molecule has 0 bridgehead atoms. The number of hydrogen-bond acceptors (Lipinski definition) is 3. The van der Waals surface area contributed by atoms with Crippen molar-refractivity contribution < 1.29 is 5.11 Å². The van der Waals surface area contributed by atoms with Gasteiger partial charge in [0, 0.05) is 19.7 Å². The van der Waals surface area contributed by atoms with Crippen molar-refractivity contribution in [3.8, 4) is 6.07 Å². The van der Waals surface area contributed by atoms with Crippen LogP contribution < -0.4 is 5.32 Å². The van der Waals surface area contributed by atoms with Crippen molar-refractivity contribution in [3.63, 3.8) is 0 Å². The lowest BCUT2D eigenvalue weighted by Gasteiger charge is -2.24. The number of nitrogens with zero attached hydrogens (tertiary/aromatic N) is 1. The summed E-state index contributed by atoms with van der Waals surface area (Å²) in [7, 11) is 0. The molecule has 0 aromatic heterocycles. The van der Waals surface area contributed by atoms with Crippen molar-refractivity contribution in [1.29, 1.82) is 5.26 Å². The van der Waals surface area contributed by atoms with Crippen LogP contribution in [0.5, 0.6) is 0 Å². The Bertz CT molecular complexity index is 381. The normalized spacial score (nSPS) is 13.0. The molecule has 1 aromatic rings. The molecule has 98 valence electrons. The van der Waals surface area contributed by atoms with Crippen molar-refractivity contribution in [2.45, 2.75) is 26.2 Å². The summed E-state index contributed by atoms with van der Waals surface area (Å²) in [6, 6.07) is 12.1. The molecule has 2 N–H and O–H groups in total. The molecule has 0 aliphatic heterocycles. The van der Waals surface area contributed by atoms with E-state index in [-0.39, 0.29) is 17.9 Å². The van der Waals surface area contributed by atoms with Gasteiger partial charge in [-0.05, 0) is 17.4 Å². The maximum Gasteiger partial charge on any atom is 0.0837 e.